The molecule has 4 heteroatoms. The van der Waals surface area contributed by atoms with Gasteiger partial charge in [0.2, 0.25) is 0 Å². The first-order valence-corrected chi connectivity index (χ1v) is 11.6. The summed E-state index contributed by atoms with van der Waals surface area (Å²) >= 11 is 0. The van der Waals surface area contributed by atoms with Gasteiger partial charge in [-0.2, -0.15) is 0 Å². The van der Waals surface area contributed by atoms with Crippen LogP contribution in [0, 0.1) is 0 Å². The molecule has 1 N–H and O–H groups in total. The Hall–Kier alpha value is -1.46. The average molecular weight is 371 g/mol. The molecule has 0 aliphatic carbocycles. The molecule has 1 heterocycles. The summed E-state index contributed by atoms with van der Waals surface area (Å²) in [5.74, 6) is -0.524. The van der Waals surface area contributed by atoms with Crippen molar-refractivity contribution in [1.29, 1.82) is 0 Å². The lowest BCUT2D eigenvalue weighted by Gasteiger charge is -2.46. The maximum atomic E-state index is 10.8. The van der Waals surface area contributed by atoms with Gasteiger partial charge in [0.25, 0.3) is 0 Å². The number of aliphatic hydroxyl groups excluding tert-OH is 1. The Morgan fingerprint density at radius 1 is 1.00 bits per heavy atom. The predicted octanol–water partition coefficient (Wildman–Crippen LogP) is 3.10. The van der Waals surface area contributed by atoms with Crippen molar-refractivity contribution >= 4 is 18.4 Å². The number of aliphatic hydroxyl groups is 1. The first kappa shape index (κ1) is 19.3. The predicted molar refractivity (Wildman–Crippen MR) is 109 cm³/mol. The molecule has 3 nitrogen and oxygen atoms in total. The summed E-state index contributed by atoms with van der Waals surface area (Å²) in [7, 11) is -2.44. The molecule has 0 bridgehead atoms. The Balaban J connectivity index is 2.05. The van der Waals surface area contributed by atoms with E-state index in [4.69, 9.17) is 9.47 Å². The van der Waals surface area contributed by atoms with Gasteiger partial charge in [-0.1, -0.05) is 84.9 Å². The molecule has 0 aromatic heterocycles. The fourth-order valence-corrected chi connectivity index (χ4v) is 9.19. The molecule has 0 radical (unpaired) electrons. The van der Waals surface area contributed by atoms with E-state index in [1.807, 2.05) is 26.0 Å². The molecule has 26 heavy (non-hydrogen) atoms. The van der Waals surface area contributed by atoms with Crippen molar-refractivity contribution in [3.05, 3.63) is 60.7 Å². The van der Waals surface area contributed by atoms with Gasteiger partial charge in [0.15, 0.2) is 5.79 Å². The van der Waals surface area contributed by atoms with Crippen LogP contribution in [0.25, 0.3) is 0 Å². The largest absolute Gasteiger partial charge is 0.399 e. The van der Waals surface area contributed by atoms with Crippen molar-refractivity contribution in [3.8, 4) is 0 Å². The third kappa shape index (κ3) is 3.51. The van der Waals surface area contributed by atoms with Gasteiger partial charge >= 0.3 is 0 Å². The highest BCUT2D eigenvalue weighted by atomic mass is 28.3. The number of ether oxygens (including phenoxy) is 2. The molecule has 1 saturated heterocycles. The van der Waals surface area contributed by atoms with Gasteiger partial charge in [-0.3, -0.25) is 0 Å². The molecule has 1 aliphatic rings. The Morgan fingerprint density at radius 2 is 1.50 bits per heavy atom. The average Bonchev–Trinajstić information content (AvgIpc) is 2.95. The standard InChI is InChI=1S/C22H30O3Si/c1-21(2,15-18-16-24-22(3,4)25-18)26(17-23,19-11-7-5-8-12-19)20-13-9-6-10-14-20/h5-14,18,23H,15-17H2,1-4H3/t18-/m0/s1. The first-order valence-electron chi connectivity index (χ1n) is 9.34. The minimum absolute atomic E-state index is 0.0471. The number of benzene rings is 2. The van der Waals surface area contributed by atoms with E-state index in [1.165, 1.54) is 10.4 Å². The van der Waals surface area contributed by atoms with Crippen molar-refractivity contribution in [3.63, 3.8) is 0 Å². The summed E-state index contributed by atoms with van der Waals surface area (Å²) in [6, 6.07) is 21.1. The maximum absolute atomic E-state index is 10.8. The van der Waals surface area contributed by atoms with E-state index < -0.39 is 13.9 Å². The van der Waals surface area contributed by atoms with E-state index in [0.29, 0.717) is 6.61 Å². The third-order valence-electron chi connectivity index (χ3n) is 5.73. The minimum atomic E-state index is -2.44. The summed E-state index contributed by atoms with van der Waals surface area (Å²) in [5, 5.41) is 13.2. The molecule has 0 unspecified atom stereocenters. The second kappa shape index (κ2) is 7.28. The molecule has 2 aromatic rings. The molecular formula is C22H30O3Si. The van der Waals surface area contributed by atoms with E-state index in [9.17, 15) is 5.11 Å². The normalized spacial score (nSPS) is 20.3. The van der Waals surface area contributed by atoms with Gasteiger partial charge in [0.05, 0.1) is 12.7 Å². The monoisotopic (exact) mass is 370 g/mol. The summed E-state index contributed by atoms with van der Waals surface area (Å²) in [5.41, 5.74) is 0. The molecule has 140 valence electrons. The van der Waals surface area contributed by atoms with Crippen molar-refractivity contribution in [2.75, 3.05) is 12.8 Å². The smallest absolute Gasteiger partial charge is 0.163 e. The lowest BCUT2D eigenvalue weighted by molar-refractivity contribution is -0.139. The Kier molecular flexibility index (Phi) is 5.40. The molecule has 0 saturated carbocycles. The van der Waals surface area contributed by atoms with Crippen molar-refractivity contribution in [2.45, 2.75) is 51.0 Å². The SMILES string of the molecule is CC1(C)OC[C@H](CC(C)(C)[Si](CO)(c2ccccc2)c2ccccc2)O1. The lowest BCUT2D eigenvalue weighted by atomic mass is 10.1. The highest BCUT2D eigenvalue weighted by Gasteiger charge is 2.51. The zero-order valence-electron chi connectivity index (χ0n) is 16.2. The molecular weight excluding hydrogens is 340 g/mol. The van der Waals surface area contributed by atoms with Crippen LogP contribution in [0.15, 0.2) is 60.7 Å². The number of hydrogen-bond acceptors (Lipinski definition) is 3. The lowest BCUT2D eigenvalue weighted by Crippen LogP contribution is -2.68. The van der Waals surface area contributed by atoms with Gasteiger partial charge in [0.1, 0.15) is 8.07 Å². The summed E-state index contributed by atoms with van der Waals surface area (Å²) in [4.78, 5) is 0. The fraction of sp³-hybridized carbons (Fsp3) is 0.455. The second-order valence-electron chi connectivity index (χ2n) is 8.33. The molecule has 1 atom stereocenters. The highest BCUT2D eigenvalue weighted by Crippen LogP contribution is 2.43. The summed E-state index contributed by atoms with van der Waals surface area (Å²) in [6.45, 7) is 9.10. The van der Waals surface area contributed by atoms with Crippen LogP contribution in [0.4, 0.5) is 0 Å². The summed E-state index contributed by atoms with van der Waals surface area (Å²) in [6.07, 6.45) is 1.07. The molecule has 1 fully saturated rings. The van der Waals surface area contributed by atoms with Crippen LogP contribution in [0.2, 0.25) is 5.04 Å². The van der Waals surface area contributed by atoms with Gasteiger partial charge < -0.3 is 14.6 Å². The first-order chi connectivity index (χ1) is 12.3. The van der Waals surface area contributed by atoms with Crippen molar-refractivity contribution in [2.24, 2.45) is 0 Å². The molecule has 0 amide bonds. The van der Waals surface area contributed by atoms with Crippen LogP contribution >= 0.6 is 0 Å². The third-order valence-corrected chi connectivity index (χ3v) is 11.4. The van der Waals surface area contributed by atoms with Crippen molar-refractivity contribution in [1.82, 2.24) is 0 Å². The van der Waals surface area contributed by atoms with Gasteiger partial charge in [0, 0.05) is 6.23 Å². The Labute approximate surface area is 158 Å². The van der Waals surface area contributed by atoms with Crippen LogP contribution in [-0.4, -0.2) is 37.9 Å². The Morgan fingerprint density at radius 3 is 1.88 bits per heavy atom. The van der Waals surface area contributed by atoms with E-state index in [2.05, 4.69) is 62.4 Å². The van der Waals surface area contributed by atoms with E-state index in [1.54, 1.807) is 0 Å². The molecule has 2 aromatic carbocycles. The maximum Gasteiger partial charge on any atom is 0.163 e. The van der Waals surface area contributed by atoms with E-state index in [-0.39, 0.29) is 17.4 Å². The zero-order chi connectivity index (χ0) is 18.8. The summed E-state index contributed by atoms with van der Waals surface area (Å²) < 4.78 is 11.9. The second-order valence-corrected chi connectivity index (χ2v) is 13.0. The van der Waals surface area contributed by atoms with E-state index >= 15 is 0 Å². The number of hydrogen-bond donors (Lipinski definition) is 1. The molecule has 1 aliphatic heterocycles. The zero-order valence-corrected chi connectivity index (χ0v) is 17.2. The fourth-order valence-electron chi connectivity index (χ4n) is 4.40. The van der Waals surface area contributed by atoms with Crippen LogP contribution in [0.3, 0.4) is 0 Å². The molecule has 3 rings (SSSR count). The van der Waals surface area contributed by atoms with Crippen LogP contribution < -0.4 is 10.4 Å². The van der Waals surface area contributed by atoms with Crippen molar-refractivity contribution < 1.29 is 14.6 Å². The van der Waals surface area contributed by atoms with E-state index in [0.717, 1.165) is 6.42 Å². The highest BCUT2D eigenvalue weighted by molar-refractivity contribution is 7.04. The Bertz CT molecular complexity index is 673. The number of rotatable bonds is 6. The minimum Gasteiger partial charge on any atom is -0.399 e. The molecule has 0 spiro atoms. The van der Waals surface area contributed by atoms with Crippen LogP contribution in [-0.2, 0) is 9.47 Å². The topological polar surface area (TPSA) is 38.7 Å². The quantitative estimate of drug-likeness (QED) is 0.794. The van der Waals surface area contributed by atoms with Crippen LogP contribution in [0.5, 0.6) is 0 Å². The van der Waals surface area contributed by atoms with Gasteiger partial charge in [-0.05, 0) is 25.3 Å². The van der Waals surface area contributed by atoms with Crippen LogP contribution in [0.1, 0.15) is 34.1 Å². The van der Waals surface area contributed by atoms with Gasteiger partial charge in [-0.15, -0.1) is 0 Å². The van der Waals surface area contributed by atoms with Gasteiger partial charge in [-0.25, -0.2) is 0 Å².